The number of carbonyl (C=O) groups is 4. The zero-order chi connectivity index (χ0) is 23.8. The van der Waals surface area contributed by atoms with Gasteiger partial charge in [-0.25, -0.2) is 0 Å². The molecular weight excluding hydrogens is 460 g/mol. The summed E-state index contributed by atoms with van der Waals surface area (Å²) in [5.74, 6) is -1.19. The summed E-state index contributed by atoms with van der Waals surface area (Å²) in [5.41, 5.74) is 0.534. The largest absolute Gasteiger partial charge is 0.459 e. The molecule has 1 aliphatic rings. The molecule has 174 valence electrons. The van der Waals surface area contributed by atoms with Crippen molar-refractivity contribution in [1.29, 1.82) is 0 Å². The third-order valence-corrected chi connectivity index (χ3v) is 5.22. The maximum atomic E-state index is 12.5. The molecule has 0 aliphatic carbocycles. The summed E-state index contributed by atoms with van der Waals surface area (Å²) in [6.45, 7) is -2.81. The second-order valence-corrected chi connectivity index (χ2v) is 7.61. The van der Waals surface area contributed by atoms with Gasteiger partial charge < -0.3 is 19.8 Å². The van der Waals surface area contributed by atoms with Crippen LogP contribution in [0.1, 0.15) is 22.5 Å². The van der Waals surface area contributed by atoms with Crippen LogP contribution in [-0.4, -0.2) is 54.1 Å². The van der Waals surface area contributed by atoms with Crippen molar-refractivity contribution < 1.29 is 37.1 Å². The molecular formula is C21H19F2N3O6S. The number of furan rings is 1. The van der Waals surface area contributed by atoms with Crippen molar-refractivity contribution in [2.24, 2.45) is 0 Å². The van der Waals surface area contributed by atoms with Crippen molar-refractivity contribution in [2.75, 3.05) is 19.6 Å². The molecule has 1 aliphatic heterocycles. The Labute approximate surface area is 191 Å². The normalized spacial score (nSPS) is 14.8. The number of ether oxygens (including phenoxy) is 1. The van der Waals surface area contributed by atoms with Gasteiger partial charge in [-0.15, -0.1) is 0 Å². The quantitative estimate of drug-likeness (QED) is 0.503. The monoisotopic (exact) mass is 479 g/mol. The van der Waals surface area contributed by atoms with Crippen molar-refractivity contribution in [3.63, 3.8) is 0 Å². The van der Waals surface area contributed by atoms with E-state index >= 15 is 0 Å². The highest BCUT2D eigenvalue weighted by atomic mass is 32.2. The highest BCUT2D eigenvalue weighted by molar-refractivity contribution is 8.18. The zero-order valence-electron chi connectivity index (χ0n) is 17.1. The van der Waals surface area contributed by atoms with Gasteiger partial charge >= 0.3 is 6.61 Å². The van der Waals surface area contributed by atoms with Crippen LogP contribution in [0.5, 0.6) is 5.75 Å². The minimum Gasteiger partial charge on any atom is -0.459 e. The summed E-state index contributed by atoms with van der Waals surface area (Å²) in [7, 11) is 0. The molecule has 12 heteroatoms. The van der Waals surface area contributed by atoms with E-state index in [9.17, 15) is 28.0 Å². The van der Waals surface area contributed by atoms with Crippen molar-refractivity contribution in [2.45, 2.75) is 13.0 Å². The summed E-state index contributed by atoms with van der Waals surface area (Å²) in [6, 6.07) is 8.69. The first-order valence-corrected chi connectivity index (χ1v) is 10.5. The number of hydrogen-bond donors (Lipinski definition) is 2. The van der Waals surface area contributed by atoms with Crippen molar-refractivity contribution >= 4 is 40.8 Å². The van der Waals surface area contributed by atoms with Gasteiger partial charge in [0.1, 0.15) is 5.75 Å². The molecule has 0 unspecified atom stereocenters. The minimum absolute atomic E-state index is 0.0134. The fourth-order valence-corrected chi connectivity index (χ4v) is 3.63. The molecule has 2 N–H and O–H groups in total. The zero-order valence-corrected chi connectivity index (χ0v) is 17.9. The van der Waals surface area contributed by atoms with Gasteiger partial charge in [0.15, 0.2) is 5.76 Å². The van der Waals surface area contributed by atoms with Gasteiger partial charge in [0.25, 0.3) is 17.1 Å². The predicted octanol–water partition coefficient (Wildman–Crippen LogP) is 2.85. The summed E-state index contributed by atoms with van der Waals surface area (Å²) >= 11 is 0.744. The predicted molar refractivity (Wildman–Crippen MR) is 114 cm³/mol. The van der Waals surface area contributed by atoms with E-state index in [4.69, 9.17) is 4.42 Å². The van der Waals surface area contributed by atoms with Crippen molar-refractivity contribution in [3.05, 3.63) is 58.9 Å². The first-order valence-electron chi connectivity index (χ1n) is 9.72. The van der Waals surface area contributed by atoms with Gasteiger partial charge in [0.2, 0.25) is 5.91 Å². The first kappa shape index (κ1) is 24.0. The number of carbonyl (C=O) groups excluding carboxylic acids is 4. The van der Waals surface area contributed by atoms with Crippen molar-refractivity contribution in [3.8, 4) is 5.75 Å². The van der Waals surface area contributed by atoms with Gasteiger partial charge in [0, 0.05) is 26.1 Å². The topological polar surface area (TPSA) is 118 Å². The Hall–Kier alpha value is -3.67. The van der Waals surface area contributed by atoms with E-state index in [2.05, 4.69) is 15.4 Å². The number of nitrogens with one attached hydrogen (secondary N) is 2. The second-order valence-electron chi connectivity index (χ2n) is 6.61. The number of imide groups is 1. The Balaban J connectivity index is 1.42. The van der Waals surface area contributed by atoms with Crippen LogP contribution in [0.4, 0.5) is 13.6 Å². The van der Waals surface area contributed by atoms with Crippen LogP contribution < -0.4 is 15.4 Å². The lowest BCUT2D eigenvalue weighted by molar-refractivity contribution is -0.124. The molecule has 0 bridgehead atoms. The molecule has 1 aromatic carbocycles. The van der Waals surface area contributed by atoms with Gasteiger partial charge in [-0.05, 0) is 47.7 Å². The lowest BCUT2D eigenvalue weighted by Crippen LogP contribution is -2.38. The molecule has 2 heterocycles. The molecule has 0 saturated carbocycles. The molecule has 2 aromatic rings. The SMILES string of the molecule is O=C(CCNC(=O)c1ccco1)NCCN1C(=O)SC(=Cc2ccc(OC(F)F)cc2)C1=O. The Bertz CT molecular complexity index is 1040. The Kier molecular flexibility index (Phi) is 8.19. The van der Waals surface area contributed by atoms with Crippen LogP contribution in [0.15, 0.2) is 52.0 Å². The molecule has 0 spiro atoms. The van der Waals surface area contributed by atoms with E-state index in [1.807, 2.05) is 0 Å². The molecule has 1 saturated heterocycles. The van der Waals surface area contributed by atoms with Crippen LogP contribution in [0, 0.1) is 0 Å². The van der Waals surface area contributed by atoms with Gasteiger partial charge in [0.05, 0.1) is 11.2 Å². The molecule has 4 amide bonds. The number of alkyl halides is 2. The van der Waals surface area contributed by atoms with E-state index < -0.39 is 23.7 Å². The Morgan fingerprint density at radius 2 is 1.88 bits per heavy atom. The lowest BCUT2D eigenvalue weighted by atomic mass is 10.2. The molecule has 9 nitrogen and oxygen atoms in total. The number of benzene rings is 1. The van der Waals surface area contributed by atoms with Gasteiger partial charge in [-0.1, -0.05) is 12.1 Å². The van der Waals surface area contributed by atoms with Crippen molar-refractivity contribution in [1.82, 2.24) is 15.5 Å². The number of amides is 4. The molecule has 1 fully saturated rings. The van der Waals surface area contributed by atoms with E-state index in [-0.39, 0.29) is 48.4 Å². The number of thioether (sulfide) groups is 1. The van der Waals surface area contributed by atoms with Crippen LogP contribution in [0.25, 0.3) is 6.08 Å². The second kappa shape index (κ2) is 11.3. The maximum absolute atomic E-state index is 12.5. The average Bonchev–Trinajstić information content (AvgIpc) is 3.39. The fraction of sp³-hybridized carbons (Fsp3) is 0.238. The van der Waals surface area contributed by atoms with E-state index in [1.54, 1.807) is 6.07 Å². The molecule has 33 heavy (non-hydrogen) atoms. The first-order chi connectivity index (χ1) is 15.8. The summed E-state index contributed by atoms with van der Waals surface area (Å²) in [5, 5.41) is 4.63. The van der Waals surface area contributed by atoms with Gasteiger partial charge in [-0.2, -0.15) is 8.78 Å². The summed E-state index contributed by atoms with van der Waals surface area (Å²) in [4.78, 5) is 49.4. The average molecular weight is 479 g/mol. The number of hydrogen-bond acceptors (Lipinski definition) is 7. The lowest BCUT2D eigenvalue weighted by Gasteiger charge is -2.13. The van der Waals surface area contributed by atoms with E-state index in [0.29, 0.717) is 5.56 Å². The Morgan fingerprint density at radius 3 is 2.55 bits per heavy atom. The smallest absolute Gasteiger partial charge is 0.387 e. The highest BCUT2D eigenvalue weighted by Crippen LogP contribution is 2.32. The van der Waals surface area contributed by atoms with Crippen LogP contribution in [0.3, 0.4) is 0 Å². The third kappa shape index (κ3) is 6.91. The third-order valence-electron chi connectivity index (χ3n) is 4.32. The number of halogens is 2. The molecule has 0 radical (unpaired) electrons. The molecule has 1 aromatic heterocycles. The Morgan fingerprint density at radius 1 is 1.12 bits per heavy atom. The van der Waals surface area contributed by atoms with Gasteiger partial charge in [-0.3, -0.25) is 24.1 Å². The minimum atomic E-state index is -2.94. The van der Waals surface area contributed by atoms with E-state index in [0.717, 1.165) is 16.7 Å². The maximum Gasteiger partial charge on any atom is 0.387 e. The van der Waals surface area contributed by atoms with Crippen LogP contribution in [-0.2, 0) is 9.59 Å². The number of rotatable bonds is 10. The standard InChI is InChI=1S/C21H19F2N3O6S/c22-20(23)32-14-5-3-13(4-6-14)12-16-19(29)26(21(30)33-16)10-9-24-17(27)7-8-25-18(28)15-2-1-11-31-15/h1-6,11-12,20H,7-10H2,(H,24,27)(H,25,28). The molecule has 0 atom stereocenters. The fourth-order valence-electron chi connectivity index (χ4n) is 2.77. The van der Waals surface area contributed by atoms with Crippen LogP contribution in [0.2, 0.25) is 0 Å². The highest BCUT2D eigenvalue weighted by Gasteiger charge is 2.34. The van der Waals surface area contributed by atoms with E-state index in [1.165, 1.54) is 42.7 Å². The summed E-state index contributed by atoms with van der Waals surface area (Å²) < 4.78 is 33.6. The van der Waals surface area contributed by atoms with Crippen LogP contribution >= 0.6 is 11.8 Å². The molecule has 3 rings (SSSR count). The number of nitrogens with zero attached hydrogens (tertiary/aromatic N) is 1. The summed E-state index contributed by atoms with van der Waals surface area (Å²) in [6.07, 6.45) is 2.85.